The lowest BCUT2D eigenvalue weighted by atomic mass is 9.71. The molecule has 0 saturated carbocycles. The molecule has 0 spiro atoms. The fraction of sp³-hybridized carbons (Fsp3) is 0.471. The van der Waals surface area contributed by atoms with Gasteiger partial charge in [-0.2, -0.15) is 18.4 Å². The average Bonchev–Trinajstić information content (AvgIpc) is 2.80. The van der Waals surface area contributed by atoms with Crippen LogP contribution in [-0.2, 0) is 10.2 Å². The van der Waals surface area contributed by atoms with Gasteiger partial charge >= 0.3 is 6.18 Å². The number of nitrogens with zero attached hydrogens (tertiary/aromatic N) is 3. The highest BCUT2D eigenvalue weighted by molar-refractivity contribution is 6.30. The van der Waals surface area contributed by atoms with Crippen LogP contribution in [0.5, 0.6) is 0 Å². The number of piperidine rings is 1. The minimum Gasteiger partial charge on any atom is -0.371 e. The van der Waals surface area contributed by atoms with Gasteiger partial charge in [0.15, 0.2) is 0 Å². The number of pyridine rings is 1. The van der Waals surface area contributed by atoms with Crippen molar-refractivity contribution < 1.29 is 18.0 Å². The molecule has 2 saturated heterocycles. The minimum absolute atomic E-state index is 0.0883. The van der Waals surface area contributed by atoms with Crippen molar-refractivity contribution in [2.75, 3.05) is 0 Å². The number of hydrogen-bond donors (Lipinski definition) is 0. The first kappa shape index (κ1) is 17.7. The topological polar surface area (TPSA) is 57.0 Å². The number of fused-ring (bicyclic) bond motifs is 2. The Bertz CT molecular complexity index is 742. The Morgan fingerprint density at radius 1 is 1.36 bits per heavy atom. The summed E-state index contributed by atoms with van der Waals surface area (Å²) in [4.78, 5) is 16.9. The Morgan fingerprint density at radius 2 is 2.00 bits per heavy atom. The average molecular weight is 370 g/mol. The highest BCUT2D eigenvalue weighted by Gasteiger charge is 2.49. The third kappa shape index (κ3) is 3.36. The van der Waals surface area contributed by atoms with Gasteiger partial charge in [0.25, 0.3) is 5.78 Å². The molecule has 2 atom stereocenters. The van der Waals surface area contributed by atoms with Crippen molar-refractivity contribution in [1.29, 1.82) is 5.26 Å². The fourth-order valence-corrected chi connectivity index (χ4v) is 4.01. The number of ketones is 1. The van der Waals surface area contributed by atoms with Crippen LogP contribution in [0.15, 0.2) is 30.7 Å². The van der Waals surface area contributed by atoms with Crippen molar-refractivity contribution in [1.82, 2.24) is 9.88 Å². The maximum absolute atomic E-state index is 12.4. The molecule has 2 aliphatic heterocycles. The Hall–Kier alpha value is -2.07. The SMILES string of the molecule is N#CC1(c2cncc(Cl)c2)CC2CCC(C1)N2/C=C\C(=O)C(F)(F)F. The van der Waals surface area contributed by atoms with Crippen LogP contribution in [0.25, 0.3) is 0 Å². The van der Waals surface area contributed by atoms with Gasteiger partial charge in [0, 0.05) is 36.8 Å². The van der Waals surface area contributed by atoms with E-state index in [1.807, 2.05) is 0 Å². The van der Waals surface area contributed by atoms with Gasteiger partial charge < -0.3 is 4.90 Å². The predicted octanol–water partition coefficient (Wildman–Crippen LogP) is 3.77. The van der Waals surface area contributed by atoms with Crippen LogP contribution in [0.4, 0.5) is 13.2 Å². The number of hydrogen-bond acceptors (Lipinski definition) is 4. The Balaban J connectivity index is 1.83. The standard InChI is InChI=1S/C17H15ClF3N3O/c18-12-5-11(8-23-9-12)16(10-22)6-13-1-2-14(7-16)24(13)4-3-15(25)17(19,20)21/h3-5,8-9,13-14H,1-2,6-7H2/b4-3-. The van der Waals surface area contributed by atoms with Crippen LogP contribution < -0.4 is 0 Å². The number of nitriles is 1. The van der Waals surface area contributed by atoms with Gasteiger partial charge in [0.1, 0.15) is 0 Å². The normalized spacial score (nSPS) is 29.0. The van der Waals surface area contributed by atoms with E-state index in [1.165, 1.54) is 12.4 Å². The number of rotatable bonds is 3. The molecule has 0 N–H and O–H groups in total. The quantitative estimate of drug-likeness (QED) is 0.761. The zero-order chi connectivity index (χ0) is 18.2. The highest BCUT2D eigenvalue weighted by Crippen LogP contribution is 2.47. The lowest BCUT2D eigenvalue weighted by Gasteiger charge is -2.43. The summed E-state index contributed by atoms with van der Waals surface area (Å²) in [6, 6.07) is 3.92. The number of aromatic nitrogens is 1. The minimum atomic E-state index is -4.87. The van der Waals surface area contributed by atoms with Crippen molar-refractivity contribution >= 4 is 17.4 Å². The first-order valence-electron chi connectivity index (χ1n) is 7.84. The Morgan fingerprint density at radius 3 is 2.52 bits per heavy atom. The summed E-state index contributed by atoms with van der Waals surface area (Å²) in [7, 11) is 0. The molecule has 0 radical (unpaired) electrons. The fourth-order valence-electron chi connectivity index (χ4n) is 3.84. The zero-order valence-corrected chi connectivity index (χ0v) is 13.9. The molecule has 2 unspecified atom stereocenters. The largest absolute Gasteiger partial charge is 0.454 e. The molecule has 0 aliphatic carbocycles. The summed E-state index contributed by atoms with van der Waals surface area (Å²) in [5.74, 6) is -1.87. The molecule has 1 aromatic rings. The molecule has 3 heterocycles. The molecule has 132 valence electrons. The summed E-state index contributed by atoms with van der Waals surface area (Å²) in [5.41, 5.74) is -0.0309. The van der Waals surface area contributed by atoms with Crippen LogP contribution in [0.2, 0.25) is 5.02 Å². The molecule has 3 rings (SSSR count). The first-order chi connectivity index (χ1) is 11.7. The predicted molar refractivity (Wildman–Crippen MR) is 84.6 cm³/mol. The number of halogens is 4. The highest BCUT2D eigenvalue weighted by atomic mass is 35.5. The molecule has 2 aliphatic rings. The lowest BCUT2D eigenvalue weighted by molar-refractivity contribution is -0.165. The lowest BCUT2D eigenvalue weighted by Crippen LogP contribution is -2.46. The molecule has 2 fully saturated rings. The third-order valence-corrected chi connectivity index (χ3v) is 5.20. The van der Waals surface area contributed by atoms with E-state index < -0.39 is 17.4 Å². The smallest absolute Gasteiger partial charge is 0.371 e. The van der Waals surface area contributed by atoms with E-state index in [2.05, 4.69) is 11.1 Å². The second-order valence-corrected chi connectivity index (χ2v) is 6.94. The molecule has 2 bridgehead atoms. The van der Waals surface area contributed by atoms with Crippen LogP contribution in [0, 0.1) is 11.3 Å². The maximum Gasteiger partial charge on any atom is 0.454 e. The van der Waals surface area contributed by atoms with E-state index in [4.69, 9.17) is 11.6 Å². The van der Waals surface area contributed by atoms with Crippen LogP contribution in [-0.4, -0.2) is 33.9 Å². The number of carbonyl (C=O) groups excluding carboxylic acids is 1. The molecule has 8 heteroatoms. The van der Waals surface area contributed by atoms with Crippen molar-refractivity contribution in [3.63, 3.8) is 0 Å². The van der Waals surface area contributed by atoms with Gasteiger partial charge in [-0.1, -0.05) is 11.6 Å². The summed E-state index contributed by atoms with van der Waals surface area (Å²) in [5, 5.41) is 10.2. The summed E-state index contributed by atoms with van der Waals surface area (Å²) in [6.07, 6.45) is 2.52. The van der Waals surface area contributed by atoms with Crippen LogP contribution >= 0.6 is 11.6 Å². The van der Waals surface area contributed by atoms with E-state index in [-0.39, 0.29) is 12.1 Å². The van der Waals surface area contributed by atoms with Gasteiger partial charge in [0.05, 0.1) is 16.5 Å². The number of allylic oxidation sites excluding steroid dienone is 1. The zero-order valence-electron chi connectivity index (χ0n) is 13.1. The van der Waals surface area contributed by atoms with Gasteiger partial charge in [-0.05, 0) is 37.3 Å². The van der Waals surface area contributed by atoms with Crippen LogP contribution in [0.1, 0.15) is 31.2 Å². The van der Waals surface area contributed by atoms with E-state index >= 15 is 0 Å². The Kier molecular flexibility index (Phi) is 4.50. The second kappa shape index (κ2) is 6.34. The molecular weight excluding hydrogens is 355 g/mol. The third-order valence-electron chi connectivity index (χ3n) is 4.99. The van der Waals surface area contributed by atoms with Crippen LogP contribution in [0.3, 0.4) is 0 Å². The molecule has 0 aromatic carbocycles. The molecule has 25 heavy (non-hydrogen) atoms. The van der Waals surface area contributed by atoms with Gasteiger partial charge in [0.2, 0.25) is 0 Å². The monoisotopic (exact) mass is 369 g/mol. The van der Waals surface area contributed by atoms with E-state index in [0.29, 0.717) is 23.9 Å². The molecule has 1 aromatic heterocycles. The number of alkyl halides is 3. The van der Waals surface area contributed by atoms with Crippen molar-refractivity contribution in [3.05, 3.63) is 41.3 Å². The summed E-state index contributed by atoms with van der Waals surface area (Å²) < 4.78 is 37.1. The first-order valence-corrected chi connectivity index (χ1v) is 8.22. The van der Waals surface area contributed by atoms with Gasteiger partial charge in [-0.25, -0.2) is 0 Å². The summed E-state index contributed by atoms with van der Waals surface area (Å²) in [6.45, 7) is 0. The van der Waals surface area contributed by atoms with Crippen molar-refractivity contribution in [2.45, 2.75) is 49.4 Å². The molecular formula is C17H15ClF3N3O. The van der Waals surface area contributed by atoms with Gasteiger partial charge in [-0.15, -0.1) is 0 Å². The molecule has 4 nitrogen and oxygen atoms in total. The van der Waals surface area contributed by atoms with E-state index in [9.17, 15) is 23.2 Å². The van der Waals surface area contributed by atoms with Gasteiger partial charge in [-0.3, -0.25) is 9.78 Å². The maximum atomic E-state index is 12.4. The second-order valence-electron chi connectivity index (χ2n) is 6.50. The summed E-state index contributed by atoms with van der Waals surface area (Å²) >= 11 is 5.99. The van der Waals surface area contributed by atoms with Crippen molar-refractivity contribution in [2.24, 2.45) is 0 Å². The number of carbonyl (C=O) groups is 1. The van der Waals surface area contributed by atoms with E-state index in [1.54, 1.807) is 17.2 Å². The molecule has 0 amide bonds. The Labute approximate surface area is 147 Å². The van der Waals surface area contributed by atoms with E-state index in [0.717, 1.165) is 18.4 Å². The van der Waals surface area contributed by atoms with Crippen molar-refractivity contribution in [3.8, 4) is 6.07 Å².